The molecule has 108 valence electrons. The molecule has 19 heavy (non-hydrogen) atoms. The van der Waals surface area contributed by atoms with Crippen molar-refractivity contribution in [3.8, 4) is 5.75 Å². The van der Waals surface area contributed by atoms with Gasteiger partial charge in [0.2, 0.25) is 0 Å². The highest BCUT2D eigenvalue weighted by atomic mass is 19.4. The van der Waals surface area contributed by atoms with Gasteiger partial charge >= 0.3 is 6.18 Å². The van der Waals surface area contributed by atoms with Crippen LogP contribution in [-0.4, -0.2) is 39.5 Å². The molecule has 3 nitrogen and oxygen atoms in total. The average Bonchev–Trinajstić information content (AvgIpc) is 2.27. The summed E-state index contributed by atoms with van der Waals surface area (Å²) >= 11 is 0. The van der Waals surface area contributed by atoms with E-state index in [0.29, 0.717) is 5.75 Å². The van der Waals surface area contributed by atoms with Gasteiger partial charge in [0.1, 0.15) is 11.9 Å². The second-order valence-corrected chi connectivity index (χ2v) is 4.57. The summed E-state index contributed by atoms with van der Waals surface area (Å²) in [6.45, 7) is 0.871. The molecule has 1 atom stereocenters. The third-order valence-electron chi connectivity index (χ3n) is 2.43. The van der Waals surface area contributed by atoms with E-state index in [2.05, 4.69) is 5.32 Å². The van der Waals surface area contributed by atoms with Crippen molar-refractivity contribution in [2.24, 2.45) is 0 Å². The fraction of sp³-hybridized carbons (Fsp3) is 0.538. The Kier molecular flexibility index (Phi) is 5.47. The van der Waals surface area contributed by atoms with Gasteiger partial charge in [-0.25, -0.2) is 0 Å². The predicted molar refractivity (Wildman–Crippen MR) is 69.8 cm³/mol. The molecule has 0 heterocycles. The van der Waals surface area contributed by atoms with Crippen LogP contribution in [0.1, 0.15) is 6.92 Å². The fourth-order valence-corrected chi connectivity index (χ4v) is 1.53. The Morgan fingerprint density at radius 2 is 2.00 bits per heavy atom. The summed E-state index contributed by atoms with van der Waals surface area (Å²) in [6, 6.07) is 7.41. The molecule has 1 N–H and O–H groups in total. The largest absolute Gasteiger partial charge is 0.489 e. The summed E-state index contributed by atoms with van der Waals surface area (Å²) in [5, 5.41) is 2.32. The number of rotatable bonds is 6. The molecule has 0 amide bonds. The lowest BCUT2D eigenvalue weighted by molar-refractivity contribution is -0.125. The topological polar surface area (TPSA) is 24.5 Å². The molecular weight excluding hydrogens is 257 g/mol. The van der Waals surface area contributed by atoms with Crippen molar-refractivity contribution in [3.05, 3.63) is 24.3 Å². The Morgan fingerprint density at radius 1 is 1.32 bits per heavy atom. The predicted octanol–water partition coefficient (Wildman–Crippen LogP) is 2.67. The van der Waals surface area contributed by atoms with E-state index in [9.17, 15) is 13.2 Å². The van der Waals surface area contributed by atoms with Gasteiger partial charge in [-0.05, 0) is 19.1 Å². The van der Waals surface area contributed by atoms with E-state index in [1.165, 1.54) is 0 Å². The smallest absolute Gasteiger partial charge is 0.401 e. The molecule has 1 rings (SSSR count). The Bertz CT molecular complexity index is 394. The number of nitrogens with one attached hydrogen (secondary N) is 1. The van der Waals surface area contributed by atoms with Gasteiger partial charge in [0, 0.05) is 32.4 Å². The number of ether oxygens (including phenoxy) is 1. The van der Waals surface area contributed by atoms with Crippen LogP contribution in [0.2, 0.25) is 0 Å². The summed E-state index contributed by atoms with van der Waals surface area (Å²) in [5.41, 5.74) is 0.980. The van der Waals surface area contributed by atoms with E-state index >= 15 is 0 Å². The minimum absolute atomic E-state index is 0.145. The van der Waals surface area contributed by atoms with Crippen molar-refractivity contribution in [1.82, 2.24) is 5.32 Å². The van der Waals surface area contributed by atoms with Gasteiger partial charge < -0.3 is 15.0 Å². The van der Waals surface area contributed by atoms with Gasteiger partial charge in [0.25, 0.3) is 0 Å². The fourth-order valence-electron chi connectivity index (χ4n) is 1.53. The molecule has 0 aliphatic rings. The Labute approximate surface area is 111 Å². The zero-order valence-corrected chi connectivity index (χ0v) is 11.3. The van der Waals surface area contributed by atoms with Crippen LogP contribution in [0.15, 0.2) is 24.3 Å². The first-order valence-corrected chi connectivity index (χ1v) is 5.99. The highest BCUT2D eigenvalue weighted by molar-refractivity contribution is 5.49. The van der Waals surface area contributed by atoms with Crippen LogP contribution in [0, 0.1) is 0 Å². The monoisotopic (exact) mass is 276 g/mol. The van der Waals surface area contributed by atoms with Crippen LogP contribution < -0.4 is 15.0 Å². The third kappa shape index (κ3) is 6.33. The lowest BCUT2D eigenvalue weighted by Gasteiger charge is -2.18. The SMILES string of the molecule is CC(CNCC(F)(F)F)Oc1cccc(N(C)C)c1. The van der Waals surface area contributed by atoms with Crippen LogP contribution in [-0.2, 0) is 0 Å². The first kappa shape index (κ1) is 15.6. The number of anilines is 1. The Hall–Kier alpha value is -1.43. The molecule has 6 heteroatoms. The van der Waals surface area contributed by atoms with Gasteiger partial charge in [0.15, 0.2) is 0 Å². The Balaban J connectivity index is 2.44. The number of benzene rings is 1. The molecular formula is C13H19F3N2O. The first-order chi connectivity index (χ1) is 8.78. The van der Waals surface area contributed by atoms with Gasteiger partial charge in [0.05, 0.1) is 6.54 Å². The highest BCUT2D eigenvalue weighted by Crippen LogP contribution is 2.20. The van der Waals surface area contributed by atoms with Crippen LogP contribution in [0.3, 0.4) is 0 Å². The van der Waals surface area contributed by atoms with Gasteiger partial charge in [-0.3, -0.25) is 0 Å². The molecule has 0 saturated carbocycles. The maximum absolute atomic E-state index is 12.0. The molecule has 0 aliphatic heterocycles. The molecule has 1 aromatic carbocycles. The number of hydrogen-bond donors (Lipinski definition) is 1. The van der Waals surface area contributed by atoms with E-state index in [4.69, 9.17) is 4.74 Å². The normalized spacial score (nSPS) is 13.2. The summed E-state index contributed by atoms with van der Waals surface area (Å²) in [6.07, 6.45) is -4.52. The molecule has 0 aromatic heterocycles. The second kappa shape index (κ2) is 6.65. The lowest BCUT2D eigenvalue weighted by Crippen LogP contribution is -2.35. The minimum atomic E-state index is -4.19. The summed E-state index contributed by atoms with van der Waals surface area (Å²) in [5.74, 6) is 0.646. The van der Waals surface area contributed by atoms with Crippen LogP contribution in [0.4, 0.5) is 18.9 Å². The maximum Gasteiger partial charge on any atom is 0.401 e. The summed E-state index contributed by atoms with van der Waals surface area (Å²) in [7, 11) is 3.82. The lowest BCUT2D eigenvalue weighted by atomic mass is 10.3. The van der Waals surface area contributed by atoms with Crippen molar-refractivity contribution < 1.29 is 17.9 Å². The second-order valence-electron chi connectivity index (χ2n) is 4.57. The zero-order valence-electron chi connectivity index (χ0n) is 11.3. The van der Waals surface area contributed by atoms with Gasteiger partial charge in [-0.2, -0.15) is 13.2 Å². The molecule has 0 spiro atoms. The maximum atomic E-state index is 12.0. The molecule has 0 saturated heterocycles. The van der Waals surface area contributed by atoms with Crippen molar-refractivity contribution in [1.29, 1.82) is 0 Å². The molecule has 1 unspecified atom stereocenters. The van der Waals surface area contributed by atoms with E-state index in [-0.39, 0.29) is 12.6 Å². The number of alkyl halides is 3. The Morgan fingerprint density at radius 3 is 2.58 bits per heavy atom. The molecule has 0 aliphatic carbocycles. The first-order valence-electron chi connectivity index (χ1n) is 5.99. The van der Waals surface area contributed by atoms with Crippen molar-refractivity contribution in [3.63, 3.8) is 0 Å². The van der Waals surface area contributed by atoms with Crippen molar-refractivity contribution >= 4 is 5.69 Å². The van der Waals surface area contributed by atoms with E-state index in [1.54, 1.807) is 13.0 Å². The average molecular weight is 276 g/mol. The van der Waals surface area contributed by atoms with Crippen LogP contribution in [0.25, 0.3) is 0 Å². The van der Waals surface area contributed by atoms with Crippen LogP contribution >= 0.6 is 0 Å². The number of halogens is 3. The van der Waals surface area contributed by atoms with Gasteiger partial charge in [-0.1, -0.05) is 6.07 Å². The van der Waals surface area contributed by atoms with Crippen molar-refractivity contribution in [2.45, 2.75) is 19.2 Å². The zero-order chi connectivity index (χ0) is 14.5. The third-order valence-corrected chi connectivity index (χ3v) is 2.43. The molecule has 1 aromatic rings. The quantitative estimate of drug-likeness (QED) is 0.864. The van der Waals surface area contributed by atoms with E-state index in [0.717, 1.165) is 5.69 Å². The minimum Gasteiger partial charge on any atom is -0.489 e. The van der Waals surface area contributed by atoms with E-state index in [1.807, 2.05) is 37.2 Å². The number of hydrogen-bond acceptors (Lipinski definition) is 3. The van der Waals surface area contributed by atoms with Crippen molar-refractivity contribution in [2.75, 3.05) is 32.1 Å². The van der Waals surface area contributed by atoms with E-state index < -0.39 is 12.7 Å². The standard InChI is InChI=1S/C13H19F3N2O/c1-10(8-17-9-13(14,15)16)19-12-6-4-5-11(7-12)18(2)3/h4-7,10,17H,8-9H2,1-3H3. The molecule has 0 bridgehead atoms. The molecule has 0 fully saturated rings. The highest BCUT2D eigenvalue weighted by Gasteiger charge is 2.26. The molecule has 0 radical (unpaired) electrons. The summed E-state index contributed by atoms with van der Waals surface area (Å²) in [4.78, 5) is 1.93. The number of nitrogens with zero attached hydrogens (tertiary/aromatic N) is 1. The van der Waals surface area contributed by atoms with Crippen LogP contribution in [0.5, 0.6) is 5.75 Å². The summed E-state index contributed by atoms with van der Waals surface area (Å²) < 4.78 is 41.5. The van der Waals surface area contributed by atoms with Gasteiger partial charge in [-0.15, -0.1) is 0 Å².